The Morgan fingerprint density at radius 1 is 0.593 bits per heavy atom. The highest BCUT2D eigenvalue weighted by atomic mass is 31.2. The molecule has 0 bridgehead atoms. The van der Waals surface area contributed by atoms with Crippen molar-refractivity contribution in [3.63, 3.8) is 0 Å². The summed E-state index contributed by atoms with van der Waals surface area (Å²) in [7, 11) is -4.43. The van der Waals surface area contributed by atoms with E-state index in [0.29, 0.717) is 6.42 Å². The Bertz CT molecular complexity index is 1030. The molecule has 0 spiro atoms. The molecule has 0 fully saturated rings. The van der Waals surface area contributed by atoms with Gasteiger partial charge in [0, 0.05) is 19.4 Å². The number of aliphatic hydroxyl groups excluding tert-OH is 1. The Morgan fingerprint density at radius 3 is 1.57 bits per heavy atom. The van der Waals surface area contributed by atoms with Crippen LogP contribution in [0.3, 0.4) is 0 Å². The summed E-state index contributed by atoms with van der Waals surface area (Å²) in [6, 6.07) is 0. The van der Waals surface area contributed by atoms with Crippen LogP contribution in [0.4, 0.5) is 0 Å². The van der Waals surface area contributed by atoms with Crippen molar-refractivity contribution >= 4 is 19.7 Å². The van der Waals surface area contributed by atoms with E-state index in [1.165, 1.54) is 96.3 Å². The van der Waals surface area contributed by atoms with Gasteiger partial charge in [-0.2, -0.15) is 0 Å². The lowest BCUT2D eigenvalue weighted by molar-refractivity contribution is -0.147. The van der Waals surface area contributed by atoms with Gasteiger partial charge in [-0.25, -0.2) is 4.57 Å². The summed E-state index contributed by atoms with van der Waals surface area (Å²) < 4.78 is 26.8. The van der Waals surface area contributed by atoms with Gasteiger partial charge in [0.15, 0.2) is 0 Å². The molecule has 0 aromatic heterocycles. The fourth-order valence-corrected chi connectivity index (χ4v) is 6.54. The van der Waals surface area contributed by atoms with Gasteiger partial charge in [0.05, 0.1) is 13.2 Å². The van der Waals surface area contributed by atoms with E-state index in [0.717, 1.165) is 64.2 Å². The van der Waals surface area contributed by atoms with Gasteiger partial charge in [-0.05, 0) is 51.4 Å². The first-order chi connectivity index (χ1) is 26.3. The van der Waals surface area contributed by atoms with E-state index in [4.69, 9.17) is 13.8 Å². The summed E-state index contributed by atoms with van der Waals surface area (Å²) in [5.41, 5.74) is 0. The number of esters is 1. The molecule has 0 radical (unpaired) electrons. The van der Waals surface area contributed by atoms with Gasteiger partial charge in [-0.1, -0.05) is 172 Å². The van der Waals surface area contributed by atoms with Crippen LogP contribution in [0.1, 0.15) is 187 Å². The van der Waals surface area contributed by atoms with E-state index in [-0.39, 0.29) is 32.1 Å². The van der Waals surface area contributed by atoms with Gasteiger partial charge >= 0.3 is 13.8 Å². The summed E-state index contributed by atoms with van der Waals surface area (Å²) in [6.45, 7) is 3.40. The number of ether oxygens (including phenoxy) is 1. The van der Waals surface area contributed by atoms with E-state index in [1.807, 2.05) is 0 Å². The number of aliphatic hydroxyl groups is 1. The van der Waals surface area contributed by atoms with E-state index < -0.39 is 26.5 Å². The molecule has 0 rings (SSSR count). The molecule has 9 nitrogen and oxygen atoms in total. The normalized spacial score (nSPS) is 13.8. The first kappa shape index (κ1) is 52.0. The number of allylic oxidation sites excluding steroid dienone is 8. The maximum absolute atomic E-state index is 12.1. The van der Waals surface area contributed by atoms with Crippen molar-refractivity contribution in [2.24, 2.45) is 0 Å². The number of phosphoric acid groups is 1. The summed E-state index contributed by atoms with van der Waals surface area (Å²) >= 11 is 0. The second kappa shape index (κ2) is 40.6. The number of phosphoric ester groups is 1. The number of nitrogens with one attached hydrogen (secondary N) is 1. The monoisotopic (exact) mass is 782 g/mol. The zero-order valence-electron chi connectivity index (χ0n) is 34.4. The molecule has 0 aromatic rings. The fourth-order valence-electron chi connectivity index (χ4n) is 5.78. The molecule has 0 saturated heterocycles. The second-order valence-electron chi connectivity index (χ2n) is 14.3. The van der Waals surface area contributed by atoms with Crippen LogP contribution in [0, 0.1) is 0 Å². The summed E-state index contributed by atoms with van der Waals surface area (Å²) in [4.78, 5) is 33.9. The molecule has 10 heteroatoms. The van der Waals surface area contributed by atoms with Crippen molar-refractivity contribution in [2.75, 3.05) is 26.4 Å². The molecule has 0 aliphatic carbocycles. The first-order valence-corrected chi connectivity index (χ1v) is 23.1. The Hall–Kier alpha value is -2.03. The predicted octanol–water partition coefficient (Wildman–Crippen LogP) is 11.9. The Kier molecular flexibility index (Phi) is 39.1. The van der Waals surface area contributed by atoms with Crippen molar-refractivity contribution in [1.29, 1.82) is 0 Å². The highest BCUT2D eigenvalue weighted by Gasteiger charge is 2.23. The molecule has 0 saturated carbocycles. The average Bonchev–Trinajstić information content (AvgIpc) is 3.16. The van der Waals surface area contributed by atoms with Gasteiger partial charge in [0.25, 0.3) is 0 Å². The van der Waals surface area contributed by atoms with Gasteiger partial charge in [0.1, 0.15) is 12.7 Å². The molecule has 0 aliphatic heterocycles. The number of amides is 1. The molecule has 54 heavy (non-hydrogen) atoms. The molecular formula is C44H80NO8P. The number of rotatable bonds is 40. The third kappa shape index (κ3) is 41.1. The van der Waals surface area contributed by atoms with E-state index in [2.05, 4.69) is 67.8 Å². The largest absolute Gasteiger partial charge is 0.472 e. The summed E-state index contributed by atoms with van der Waals surface area (Å²) in [6.07, 6.45) is 46.2. The minimum absolute atomic E-state index is 0.0587. The van der Waals surface area contributed by atoms with Crippen molar-refractivity contribution in [2.45, 2.75) is 193 Å². The van der Waals surface area contributed by atoms with Crippen LogP contribution in [0.2, 0.25) is 0 Å². The van der Waals surface area contributed by atoms with E-state index in [1.54, 1.807) is 0 Å². The summed E-state index contributed by atoms with van der Waals surface area (Å²) in [5, 5.41) is 12.7. The van der Waals surface area contributed by atoms with Crippen molar-refractivity contribution in [3.05, 3.63) is 48.6 Å². The highest BCUT2D eigenvalue weighted by molar-refractivity contribution is 7.47. The smallest absolute Gasteiger partial charge is 0.463 e. The molecule has 0 aliphatic rings. The lowest BCUT2D eigenvalue weighted by Crippen LogP contribution is -2.27. The molecule has 3 N–H and O–H groups in total. The Morgan fingerprint density at radius 2 is 1.06 bits per heavy atom. The van der Waals surface area contributed by atoms with Crippen LogP contribution < -0.4 is 5.32 Å². The average molecular weight is 782 g/mol. The van der Waals surface area contributed by atoms with Crippen molar-refractivity contribution < 1.29 is 37.9 Å². The third-order valence-corrected chi connectivity index (χ3v) is 10.0. The van der Waals surface area contributed by atoms with Crippen LogP contribution in [-0.2, 0) is 27.9 Å². The second-order valence-corrected chi connectivity index (χ2v) is 15.7. The van der Waals surface area contributed by atoms with E-state index >= 15 is 0 Å². The predicted molar refractivity (Wildman–Crippen MR) is 224 cm³/mol. The zero-order chi connectivity index (χ0) is 39.6. The lowest BCUT2D eigenvalue weighted by atomic mass is 10.0. The zero-order valence-corrected chi connectivity index (χ0v) is 35.3. The standard InChI is InChI=1S/C44H80NO8P/c1-3-5-7-9-11-13-15-17-19-20-21-23-25-27-29-31-33-35-37-44(48)51-40-42(46)41-53-54(49,50)52-39-38-45-43(47)36-34-32-30-28-26-24-22-18-16-14-12-10-8-6-4-2/h6,8,12,14,18,22,26,28,42,46H,3-5,7,9-11,13,15-17,19-21,23-25,27,29-41H2,1-2H3,(H,45,47)(H,49,50)/b8-6-,14-12-,22-18-,28-26-. The number of carbonyl (C=O) groups is 2. The lowest BCUT2D eigenvalue weighted by Gasteiger charge is -2.15. The van der Waals surface area contributed by atoms with Gasteiger partial charge in [-0.3, -0.25) is 18.6 Å². The maximum Gasteiger partial charge on any atom is 0.472 e. The van der Waals surface area contributed by atoms with E-state index in [9.17, 15) is 24.2 Å². The minimum atomic E-state index is -4.43. The number of carbonyl (C=O) groups excluding carboxylic acids is 2. The molecule has 0 heterocycles. The molecule has 2 unspecified atom stereocenters. The van der Waals surface area contributed by atoms with Crippen LogP contribution >= 0.6 is 7.82 Å². The number of hydrogen-bond acceptors (Lipinski definition) is 7. The van der Waals surface area contributed by atoms with Crippen LogP contribution in [0.15, 0.2) is 48.6 Å². The minimum Gasteiger partial charge on any atom is -0.463 e. The Balaban J connectivity index is 3.63. The van der Waals surface area contributed by atoms with Crippen molar-refractivity contribution in [3.8, 4) is 0 Å². The number of unbranched alkanes of at least 4 members (excludes halogenated alkanes) is 19. The Labute approximate surface area is 330 Å². The van der Waals surface area contributed by atoms with Crippen molar-refractivity contribution in [1.82, 2.24) is 5.32 Å². The third-order valence-electron chi connectivity index (χ3n) is 9.02. The molecule has 0 aromatic carbocycles. The highest BCUT2D eigenvalue weighted by Crippen LogP contribution is 2.42. The first-order valence-electron chi connectivity index (χ1n) is 21.6. The van der Waals surface area contributed by atoms with Crippen LogP contribution in [-0.4, -0.2) is 54.3 Å². The molecule has 314 valence electrons. The quantitative estimate of drug-likeness (QED) is 0.0242. The summed E-state index contributed by atoms with van der Waals surface area (Å²) in [5.74, 6) is -0.556. The molecular weight excluding hydrogens is 701 g/mol. The topological polar surface area (TPSA) is 131 Å². The number of hydrogen-bond donors (Lipinski definition) is 3. The molecule has 2 atom stereocenters. The van der Waals surface area contributed by atoms with Gasteiger partial charge in [0.2, 0.25) is 5.91 Å². The maximum atomic E-state index is 12.1. The van der Waals surface area contributed by atoms with Gasteiger partial charge in [-0.15, -0.1) is 0 Å². The fraction of sp³-hybridized carbons (Fsp3) is 0.773. The van der Waals surface area contributed by atoms with Gasteiger partial charge < -0.3 is 20.1 Å². The molecule has 1 amide bonds. The van der Waals surface area contributed by atoms with Crippen LogP contribution in [0.5, 0.6) is 0 Å². The van der Waals surface area contributed by atoms with Crippen LogP contribution in [0.25, 0.3) is 0 Å². The SMILES string of the molecule is CC/C=C\C/C=C\C/C=C\C/C=C\CCCCC(=O)NCCOP(=O)(O)OCC(O)COC(=O)CCCCCCCCCCCCCCCCCCCC.